The molecular formula is C16H20ClNO2. The molecule has 4 heteroatoms. The molecule has 0 aliphatic heterocycles. The van der Waals surface area contributed by atoms with E-state index in [0.29, 0.717) is 22.6 Å². The van der Waals surface area contributed by atoms with Gasteiger partial charge in [0.2, 0.25) is 0 Å². The standard InChI is InChI=1S/C16H20ClNO2/c1-3-4-10-18(2)16(20)14-9-8-13(15(17)12-14)7-5-6-11-19/h8-9,12,19H,3-4,6,10-11H2,1-2H3. The summed E-state index contributed by atoms with van der Waals surface area (Å²) in [5, 5.41) is 9.14. The molecule has 1 aromatic carbocycles. The highest BCUT2D eigenvalue weighted by atomic mass is 35.5. The zero-order valence-corrected chi connectivity index (χ0v) is 12.7. The number of carbonyl (C=O) groups is 1. The third-order valence-electron chi connectivity index (χ3n) is 2.87. The number of carbonyl (C=O) groups excluding carboxylic acids is 1. The summed E-state index contributed by atoms with van der Waals surface area (Å²) in [5.74, 6) is 5.66. The van der Waals surface area contributed by atoms with E-state index in [9.17, 15) is 4.79 Å². The van der Waals surface area contributed by atoms with E-state index in [0.717, 1.165) is 19.4 Å². The molecule has 0 radical (unpaired) electrons. The number of hydrogen-bond donors (Lipinski definition) is 1. The van der Waals surface area contributed by atoms with Crippen molar-refractivity contribution in [2.24, 2.45) is 0 Å². The van der Waals surface area contributed by atoms with Gasteiger partial charge in [0.15, 0.2) is 0 Å². The van der Waals surface area contributed by atoms with E-state index in [1.807, 2.05) is 0 Å². The van der Waals surface area contributed by atoms with Crippen LogP contribution in [-0.2, 0) is 0 Å². The van der Waals surface area contributed by atoms with Crippen LogP contribution in [0, 0.1) is 11.8 Å². The molecule has 1 aromatic rings. The summed E-state index contributed by atoms with van der Waals surface area (Å²) in [4.78, 5) is 13.9. The molecule has 0 atom stereocenters. The molecule has 0 saturated carbocycles. The molecule has 0 aliphatic rings. The summed E-state index contributed by atoms with van der Waals surface area (Å²) < 4.78 is 0. The normalized spacial score (nSPS) is 9.80. The van der Waals surface area contributed by atoms with Gasteiger partial charge in [-0.15, -0.1) is 0 Å². The second-order valence-electron chi connectivity index (χ2n) is 4.55. The number of aliphatic hydroxyl groups excluding tert-OH is 1. The Bertz CT molecular complexity index is 517. The minimum Gasteiger partial charge on any atom is -0.395 e. The highest BCUT2D eigenvalue weighted by Crippen LogP contribution is 2.18. The first-order valence-corrected chi connectivity index (χ1v) is 7.12. The molecule has 0 bridgehead atoms. The molecule has 0 heterocycles. The Morgan fingerprint density at radius 1 is 1.45 bits per heavy atom. The van der Waals surface area contributed by atoms with Crippen molar-refractivity contribution in [2.75, 3.05) is 20.2 Å². The number of unbranched alkanes of at least 4 members (excludes halogenated alkanes) is 1. The number of benzene rings is 1. The van der Waals surface area contributed by atoms with Crippen molar-refractivity contribution >= 4 is 17.5 Å². The van der Waals surface area contributed by atoms with E-state index in [-0.39, 0.29) is 12.5 Å². The summed E-state index contributed by atoms with van der Waals surface area (Å²) in [6.45, 7) is 2.86. The van der Waals surface area contributed by atoms with Crippen molar-refractivity contribution in [1.82, 2.24) is 4.90 Å². The van der Waals surface area contributed by atoms with Crippen LogP contribution < -0.4 is 0 Å². The fraction of sp³-hybridized carbons (Fsp3) is 0.438. The Morgan fingerprint density at radius 2 is 2.20 bits per heavy atom. The quantitative estimate of drug-likeness (QED) is 0.848. The van der Waals surface area contributed by atoms with E-state index in [1.54, 1.807) is 30.1 Å². The number of amides is 1. The Balaban J connectivity index is 2.81. The molecule has 20 heavy (non-hydrogen) atoms. The van der Waals surface area contributed by atoms with Crippen molar-refractivity contribution < 1.29 is 9.90 Å². The van der Waals surface area contributed by atoms with Gasteiger partial charge in [-0.2, -0.15) is 0 Å². The van der Waals surface area contributed by atoms with Crippen molar-refractivity contribution in [3.8, 4) is 11.8 Å². The minimum absolute atomic E-state index is 0.0312. The van der Waals surface area contributed by atoms with E-state index in [1.165, 1.54) is 0 Å². The third kappa shape index (κ3) is 4.88. The third-order valence-corrected chi connectivity index (χ3v) is 3.18. The first-order valence-electron chi connectivity index (χ1n) is 6.75. The molecule has 0 saturated heterocycles. The predicted molar refractivity (Wildman–Crippen MR) is 81.9 cm³/mol. The highest BCUT2D eigenvalue weighted by molar-refractivity contribution is 6.32. The van der Waals surface area contributed by atoms with Gasteiger partial charge in [-0.1, -0.05) is 36.8 Å². The average Bonchev–Trinajstić information content (AvgIpc) is 2.45. The maximum Gasteiger partial charge on any atom is 0.253 e. The fourth-order valence-corrected chi connectivity index (χ4v) is 1.91. The number of rotatable bonds is 5. The monoisotopic (exact) mass is 293 g/mol. The van der Waals surface area contributed by atoms with Gasteiger partial charge in [-0.05, 0) is 24.6 Å². The lowest BCUT2D eigenvalue weighted by atomic mass is 10.1. The summed E-state index contributed by atoms with van der Waals surface area (Å²) >= 11 is 6.13. The predicted octanol–water partition coefficient (Wildman–Crippen LogP) is 2.95. The van der Waals surface area contributed by atoms with Crippen LogP contribution in [0.5, 0.6) is 0 Å². The SMILES string of the molecule is CCCCN(C)C(=O)c1ccc(C#CCCO)c(Cl)c1. The van der Waals surface area contributed by atoms with Gasteiger partial charge in [0.1, 0.15) is 0 Å². The van der Waals surface area contributed by atoms with Crippen molar-refractivity contribution in [1.29, 1.82) is 0 Å². The maximum absolute atomic E-state index is 12.2. The lowest BCUT2D eigenvalue weighted by Gasteiger charge is -2.17. The highest BCUT2D eigenvalue weighted by Gasteiger charge is 2.12. The zero-order valence-electron chi connectivity index (χ0n) is 11.9. The Labute approximate surface area is 125 Å². The molecule has 108 valence electrons. The van der Waals surface area contributed by atoms with Crippen LogP contribution in [0.3, 0.4) is 0 Å². The lowest BCUT2D eigenvalue weighted by Crippen LogP contribution is -2.27. The smallest absolute Gasteiger partial charge is 0.253 e. The zero-order chi connectivity index (χ0) is 15.0. The van der Waals surface area contributed by atoms with Gasteiger partial charge in [0, 0.05) is 31.1 Å². The average molecular weight is 294 g/mol. The molecule has 3 nitrogen and oxygen atoms in total. The second kappa shape index (κ2) is 8.63. The van der Waals surface area contributed by atoms with Crippen LogP contribution in [0.1, 0.15) is 42.1 Å². The van der Waals surface area contributed by atoms with Crippen molar-refractivity contribution in [3.63, 3.8) is 0 Å². The number of nitrogens with zero attached hydrogens (tertiary/aromatic N) is 1. The van der Waals surface area contributed by atoms with Crippen LogP contribution >= 0.6 is 11.6 Å². The van der Waals surface area contributed by atoms with Crippen LogP contribution in [0.15, 0.2) is 18.2 Å². The van der Waals surface area contributed by atoms with Crippen LogP contribution in [0.4, 0.5) is 0 Å². The summed E-state index contributed by atoms with van der Waals surface area (Å²) in [6, 6.07) is 5.13. The largest absolute Gasteiger partial charge is 0.395 e. The Morgan fingerprint density at radius 3 is 2.80 bits per heavy atom. The molecule has 1 N–H and O–H groups in total. The molecule has 1 amide bonds. The first kappa shape index (κ1) is 16.6. The molecule has 0 fully saturated rings. The maximum atomic E-state index is 12.2. The molecular weight excluding hydrogens is 274 g/mol. The van der Waals surface area contributed by atoms with Gasteiger partial charge >= 0.3 is 0 Å². The summed E-state index contributed by atoms with van der Waals surface area (Å²) in [7, 11) is 1.79. The molecule has 1 rings (SSSR count). The Kier molecular flexibility index (Phi) is 7.14. The number of aliphatic hydroxyl groups is 1. The van der Waals surface area contributed by atoms with Gasteiger partial charge in [0.05, 0.1) is 11.6 Å². The van der Waals surface area contributed by atoms with Gasteiger partial charge < -0.3 is 10.0 Å². The van der Waals surface area contributed by atoms with Crippen molar-refractivity contribution in [3.05, 3.63) is 34.3 Å². The molecule has 0 aliphatic carbocycles. The van der Waals surface area contributed by atoms with Crippen LogP contribution in [-0.4, -0.2) is 36.1 Å². The van der Waals surface area contributed by atoms with Gasteiger partial charge in [-0.3, -0.25) is 4.79 Å². The van der Waals surface area contributed by atoms with Gasteiger partial charge in [0.25, 0.3) is 5.91 Å². The van der Waals surface area contributed by atoms with E-state index in [2.05, 4.69) is 18.8 Å². The van der Waals surface area contributed by atoms with Crippen LogP contribution in [0.2, 0.25) is 5.02 Å². The number of halogens is 1. The topological polar surface area (TPSA) is 40.5 Å². The Hall–Kier alpha value is -1.50. The van der Waals surface area contributed by atoms with Gasteiger partial charge in [-0.25, -0.2) is 0 Å². The van der Waals surface area contributed by atoms with Crippen molar-refractivity contribution in [2.45, 2.75) is 26.2 Å². The van der Waals surface area contributed by atoms with E-state index >= 15 is 0 Å². The first-order chi connectivity index (χ1) is 9.60. The molecule has 0 aromatic heterocycles. The second-order valence-corrected chi connectivity index (χ2v) is 4.96. The summed E-state index contributed by atoms with van der Waals surface area (Å²) in [5.41, 5.74) is 1.24. The van der Waals surface area contributed by atoms with Crippen LogP contribution in [0.25, 0.3) is 0 Å². The summed E-state index contributed by atoms with van der Waals surface area (Å²) in [6.07, 6.45) is 2.45. The van der Waals surface area contributed by atoms with E-state index < -0.39 is 0 Å². The fourth-order valence-electron chi connectivity index (χ4n) is 1.68. The van der Waals surface area contributed by atoms with E-state index in [4.69, 9.17) is 16.7 Å². The lowest BCUT2D eigenvalue weighted by molar-refractivity contribution is 0.0793. The molecule has 0 spiro atoms. The molecule has 0 unspecified atom stereocenters. The number of hydrogen-bond acceptors (Lipinski definition) is 2. The minimum atomic E-state index is -0.0322.